The predicted octanol–water partition coefficient (Wildman–Crippen LogP) is 0.203. The number of carbonyl (C=O) groups is 1. The molecule has 17 heavy (non-hydrogen) atoms. The molecule has 6 nitrogen and oxygen atoms in total. The SMILES string of the molecule is O=C(O)N1CCC(c2ccc(=O)[nH]c2)C(O)C1. The van der Waals surface area contributed by atoms with Crippen molar-refractivity contribution in [2.24, 2.45) is 0 Å². The van der Waals surface area contributed by atoms with Gasteiger partial charge < -0.3 is 20.1 Å². The molecule has 92 valence electrons. The molecule has 0 radical (unpaired) electrons. The Morgan fingerprint density at radius 2 is 2.24 bits per heavy atom. The van der Waals surface area contributed by atoms with E-state index in [-0.39, 0.29) is 18.0 Å². The summed E-state index contributed by atoms with van der Waals surface area (Å²) in [4.78, 5) is 25.4. The van der Waals surface area contributed by atoms with E-state index in [1.54, 1.807) is 12.3 Å². The van der Waals surface area contributed by atoms with Crippen molar-refractivity contribution in [3.05, 3.63) is 34.2 Å². The maximum Gasteiger partial charge on any atom is 0.407 e. The molecule has 0 aromatic carbocycles. The highest BCUT2D eigenvalue weighted by Gasteiger charge is 2.30. The Morgan fingerprint density at radius 1 is 1.47 bits per heavy atom. The fourth-order valence-electron chi connectivity index (χ4n) is 2.15. The largest absolute Gasteiger partial charge is 0.465 e. The first-order valence-corrected chi connectivity index (χ1v) is 5.42. The molecule has 1 aliphatic heterocycles. The molecule has 1 saturated heterocycles. The molecule has 6 heteroatoms. The summed E-state index contributed by atoms with van der Waals surface area (Å²) in [5.41, 5.74) is 0.647. The zero-order chi connectivity index (χ0) is 12.4. The molecule has 2 rings (SSSR count). The van der Waals surface area contributed by atoms with Crippen LogP contribution in [-0.2, 0) is 0 Å². The van der Waals surface area contributed by atoms with E-state index in [9.17, 15) is 14.7 Å². The van der Waals surface area contributed by atoms with E-state index in [2.05, 4.69) is 4.98 Å². The summed E-state index contributed by atoms with van der Waals surface area (Å²) in [5, 5.41) is 18.7. The summed E-state index contributed by atoms with van der Waals surface area (Å²) >= 11 is 0. The van der Waals surface area contributed by atoms with Gasteiger partial charge in [-0.2, -0.15) is 0 Å². The van der Waals surface area contributed by atoms with E-state index in [4.69, 9.17) is 5.11 Å². The Morgan fingerprint density at radius 3 is 2.76 bits per heavy atom. The molecule has 2 heterocycles. The second-order valence-corrected chi connectivity index (χ2v) is 4.18. The summed E-state index contributed by atoms with van der Waals surface area (Å²) < 4.78 is 0. The van der Waals surface area contributed by atoms with Crippen LogP contribution in [0.3, 0.4) is 0 Å². The molecule has 0 aliphatic carbocycles. The number of amides is 1. The minimum atomic E-state index is -1.01. The van der Waals surface area contributed by atoms with Crippen LogP contribution in [0.2, 0.25) is 0 Å². The molecular weight excluding hydrogens is 224 g/mol. The summed E-state index contributed by atoms with van der Waals surface area (Å²) in [6.45, 7) is 0.509. The number of carboxylic acid groups (broad SMARTS) is 1. The van der Waals surface area contributed by atoms with Crippen molar-refractivity contribution in [2.75, 3.05) is 13.1 Å². The Labute approximate surface area is 97.5 Å². The number of H-pyrrole nitrogens is 1. The van der Waals surface area contributed by atoms with E-state index in [0.717, 1.165) is 5.56 Å². The van der Waals surface area contributed by atoms with Gasteiger partial charge in [-0.1, -0.05) is 6.07 Å². The number of aromatic amines is 1. The van der Waals surface area contributed by atoms with Crippen molar-refractivity contribution < 1.29 is 15.0 Å². The molecular formula is C11H14N2O4. The molecule has 1 aromatic heterocycles. The third kappa shape index (κ3) is 2.47. The van der Waals surface area contributed by atoms with Gasteiger partial charge >= 0.3 is 6.09 Å². The standard InChI is InChI=1S/C11H14N2O4/c14-9-6-13(11(16)17)4-3-8(9)7-1-2-10(15)12-5-7/h1-2,5,8-9,14H,3-4,6H2,(H,12,15)(H,16,17). The molecule has 1 aromatic rings. The number of piperidine rings is 1. The van der Waals surface area contributed by atoms with E-state index < -0.39 is 12.2 Å². The van der Waals surface area contributed by atoms with Gasteiger partial charge in [0.2, 0.25) is 5.56 Å². The molecule has 1 aliphatic rings. The summed E-state index contributed by atoms with van der Waals surface area (Å²) in [6, 6.07) is 3.08. The third-order valence-electron chi connectivity index (χ3n) is 3.09. The minimum Gasteiger partial charge on any atom is -0.465 e. The Balaban J connectivity index is 2.11. The normalized spacial score (nSPS) is 24.6. The van der Waals surface area contributed by atoms with Gasteiger partial charge in [0, 0.05) is 24.7 Å². The molecule has 1 fully saturated rings. The molecule has 2 atom stereocenters. The quantitative estimate of drug-likeness (QED) is 0.651. The Kier molecular flexibility index (Phi) is 3.14. The Bertz CT molecular complexity index is 450. The van der Waals surface area contributed by atoms with Crippen LogP contribution in [0.4, 0.5) is 4.79 Å². The lowest BCUT2D eigenvalue weighted by Gasteiger charge is -2.34. The maximum atomic E-state index is 10.9. The number of nitrogens with zero attached hydrogens (tertiary/aromatic N) is 1. The van der Waals surface area contributed by atoms with Crippen molar-refractivity contribution in [3.8, 4) is 0 Å². The number of β-amino-alcohol motifs (C(OH)–C–C–N with tert-alkyl or cyclic N) is 1. The zero-order valence-corrected chi connectivity index (χ0v) is 9.17. The smallest absolute Gasteiger partial charge is 0.407 e. The number of pyridine rings is 1. The number of aliphatic hydroxyl groups is 1. The second-order valence-electron chi connectivity index (χ2n) is 4.18. The van der Waals surface area contributed by atoms with Gasteiger partial charge in [0.25, 0.3) is 0 Å². The van der Waals surface area contributed by atoms with Gasteiger partial charge in [0.1, 0.15) is 0 Å². The molecule has 1 amide bonds. The van der Waals surface area contributed by atoms with E-state index in [1.807, 2.05) is 0 Å². The lowest BCUT2D eigenvalue weighted by atomic mass is 9.88. The first-order chi connectivity index (χ1) is 8.08. The van der Waals surface area contributed by atoms with E-state index in [1.165, 1.54) is 11.0 Å². The van der Waals surface area contributed by atoms with E-state index >= 15 is 0 Å². The van der Waals surface area contributed by atoms with Crippen molar-refractivity contribution in [1.29, 1.82) is 0 Å². The van der Waals surface area contributed by atoms with E-state index in [0.29, 0.717) is 13.0 Å². The van der Waals surface area contributed by atoms with Crippen LogP contribution in [0.15, 0.2) is 23.1 Å². The zero-order valence-electron chi connectivity index (χ0n) is 9.17. The van der Waals surface area contributed by atoms with Crippen molar-refractivity contribution in [1.82, 2.24) is 9.88 Å². The summed E-state index contributed by atoms with van der Waals surface area (Å²) in [7, 11) is 0. The van der Waals surface area contributed by atoms with Crippen molar-refractivity contribution >= 4 is 6.09 Å². The number of aliphatic hydroxyl groups excluding tert-OH is 1. The van der Waals surface area contributed by atoms with Crippen LogP contribution in [-0.4, -0.2) is 45.4 Å². The van der Waals surface area contributed by atoms with Crippen LogP contribution >= 0.6 is 0 Å². The van der Waals surface area contributed by atoms with Gasteiger partial charge in [-0.15, -0.1) is 0 Å². The van der Waals surface area contributed by atoms with Crippen LogP contribution in [0.1, 0.15) is 17.9 Å². The number of likely N-dealkylation sites (tertiary alicyclic amines) is 1. The number of rotatable bonds is 1. The topological polar surface area (TPSA) is 93.6 Å². The summed E-state index contributed by atoms with van der Waals surface area (Å²) in [6.07, 6.45) is 0.390. The number of aromatic nitrogens is 1. The van der Waals surface area contributed by atoms with Gasteiger partial charge in [0.05, 0.1) is 12.6 Å². The molecule has 2 unspecified atom stereocenters. The molecule has 0 spiro atoms. The monoisotopic (exact) mass is 238 g/mol. The highest BCUT2D eigenvalue weighted by atomic mass is 16.4. The lowest BCUT2D eigenvalue weighted by molar-refractivity contribution is 0.0503. The first-order valence-electron chi connectivity index (χ1n) is 5.42. The van der Waals surface area contributed by atoms with Gasteiger partial charge in [-0.3, -0.25) is 4.79 Å². The number of hydrogen-bond donors (Lipinski definition) is 3. The molecule has 0 bridgehead atoms. The van der Waals surface area contributed by atoms with Crippen LogP contribution < -0.4 is 5.56 Å². The van der Waals surface area contributed by atoms with Crippen LogP contribution in [0.25, 0.3) is 0 Å². The highest BCUT2D eigenvalue weighted by Crippen LogP contribution is 2.27. The average Bonchev–Trinajstić information content (AvgIpc) is 2.30. The average molecular weight is 238 g/mol. The minimum absolute atomic E-state index is 0.110. The van der Waals surface area contributed by atoms with Crippen LogP contribution in [0, 0.1) is 0 Å². The van der Waals surface area contributed by atoms with Crippen molar-refractivity contribution in [3.63, 3.8) is 0 Å². The lowest BCUT2D eigenvalue weighted by Crippen LogP contribution is -2.45. The first kappa shape index (κ1) is 11.7. The van der Waals surface area contributed by atoms with Crippen LogP contribution in [0.5, 0.6) is 0 Å². The number of hydrogen-bond acceptors (Lipinski definition) is 3. The maximum absolute atomic E-state index is 10.9. The fourth-order valence-corrected chi connectivity index (χ4v) is 2.15. The molecule has 0 saturated carbocycles. The predicted molar refractivity (Wildman–Crippen MR) is 60.0 cm³/mol. The fraction of sp³-hybridized carbons (Fsp3) is 0.455. The highest BCUT2D eigenvalue weighted by molar-refractivity contribution is 5.65. The van der Waals surface area contributed by atoms with Gasteiger partial charge in [-0.05, 0) is 12.0 Å². The van der Waals surface area contributed by atoms with Gasteiger partial charge in [0.15, 0.2) is 0 Å². The number of nitrogens with one attached hydrogen (secondary N) is 1. The molecule has 3 N–H and O–H groups in total. The Hall–Kier alpha value is -1.82. The summed E-state index contributed by atoms with van der Waals surface area (Å²) in [5.74, 6) is -0.123. The van der Waals surface area contributed by atoms with Crippen molar-refractivity contribution in [2.45, 2.75) is 18.4 Å². The van der Waals surface area contributed by atoms with Gasteiger partial charge in [-0.25, -0.2) is 4.79 Å². The second kappa shape index (κ2) is 4.58. The third-order valence-corrected chi connectivity index (χ3v) is 3.09.